The van der Waals surface area contributed by atoms with Crippen LogP contribution in [0.3, 0.4) is 0 Å². The maximum Gasteiger partial charge on any atom is 0.214 e. The van der Waals surface area contributed by atoms with E-state index in [1.54, 1.807) is 0 Å². The summed E-state index contributed by atoms with van der Waals surface area (Å²) < 4.78 is 5.61. The molecule has 0 radical (unpaired) electrons. The van der Waals surface area contributed by atoms with Gasteiger partial charge < -0.3 is 14.9 Å². The Balaban J connectivity index is 1.98. The molecule has 0 aromatic heterocycles. The topological polar surface area (TPSA) is 73.8 Å². The van der Waals surface area contributed by atoms with Crippen molar-refractivity contribution in [2.75, 3.05) is 0 Å². The second kappa shape index (κ2) is 10.2. The van der Waals surface area contributed by atoms with E-state index in [9.17, 15) is 10.2 Å². The quantitative estimate of drug-likeness (QED) is 0.383. The normalized spacial score (nSPS) is 29.9. The summed E-state index contributed by atoms with van der Waals surface area (Å²) in [5.74, 6) is 1.03. The Morgan fingerprint density at radius 2 is 2.00 bits per heavy atom. The van der Waals surface area contributed by atoms with Crippen LogP contribution in [0.2, 0.25) is 0 Å². The highest BCUT2D eigenvalue weighted by atomic mass is 16.6. The zero-order valence-corrected chi connectivity index (χ0v) is 17.7. The summed E-state index contributed by atoms with van der Waals surface area (Å²) in [5.41, 5.74) is 0.917. The number of aliphatic hydroxyl groups excluding tert-OH is 2. The molecule has 0 saturated carbocycles. The summed E-state index contributed by atoms with van der Waals surface area (Å²) >= 11 is 0. The lowest BCUT2D eigenvalue weighted by Crippen LogP contribution is -2.56. The highest BCUT2D eigenvalue weighted by molar-refractivity contribution is 5.08. The third-order valence-corrected chi connectivity index (χ3v) is 5.37. The Bertz CT molecular complexity index is 512. The van der Waals surface area contributed by atoms with Crippen LogP contribution in [0.25, 0.3) is 0 Å². The molecule has 5 heteroatoms. The summed E-state index contributed by atoms with van der Waals surface area (Å²) in [6.07, 6.45) is 11.0. The summed E-state index contributed by atoms with van der Waals surface area (Å²) in [6.45, 7) is 10.1. The summed E-state index contributed by atoms with van der Waals surface area (Å²) in [5, 5.41) is 27.8. The van der Waals surface area contributed by atoms with Crippen molar-refractivity contribution in [3.05, 3.63) is 23.8 Å². The van der Waals surface area contributed by atoms with Crippen molar-refractivity contribution < 1.29 is 14.9 Å². The summed E-state index contributed by atoms with van der Waals surface area (Å²) in [4.78, 5) is 0. The monoisotopic (exact) mass is 380 g/mol. The molecule has 5 nitrogen and oxygen atoms in total. The van der Waals surface area contributed by atoms with Crippen molar-refractivity contribution in [1.82, 2.24) is 10.6 Å². The van der Waals surface area contributed by atoms with Gasteiger partial charge in [-0.15, -0.1) is 0 Å². The van der Waals surface area contributed by atoms with Gasteiger partial charge in [-0.3, -0.25) is 10.6 Å². The van der Waals surface area contributed by atoms with Crippen molar-refractivity contribution in [3.63, 3.8) is 0 Å². The van der Waals surface area contributed by atoms with Crippen LogP contribution in [0.1, 0.15) is 73.1 Å². The third kappa shape index (κ3) is 8.44. The largest absolute Gasteiger partial charge is 0.377 e. The maximum absolute atomic E-state index is 10.9. The van der Waals surface area contributed by atoms with Gasteiger partial charge in [-0.25, -0.2) is 0 Å². The molecule has 0 spiro atoms. The Labute approximate surface area is 165 Å². The van der Waals surface area contributed by atoms with Crippen LogP contribution in [0.15, 0.2) is 23.8 Å². The first-order valence-corrected chi connectivity index (χ1v) is 10.5. The molecule has 0 aromatic carbocycles. The number of allylic oxidation sites excluding steroid dienone is 3. The predicted octanol–water partition coefficient (Wildman–Crippen LogP) is 3.43. The number of nitrogens with one attached hydrogen (secondary N) is 2. The number of ether oxygens (including phenoxy) is 1. The van der Waals surface area contributed by atoms with Crippen molar-refractivity contribution in [2.24, 2.45) is 11.8 Å². The molecule has 6 atom stereocenters. The maximum atomic E-state index is 10.9. The number of aliphatic hydroxyl groups is 2. The molecule has 156 valence electrons. The van der Waals surface area contributed by atoms with Crippen LogP contribution >= 0.6 is 0 Å². The Morgan fingerprint density at radius 1 is 1.26 bits per heavy atom. The molecule has 4 N–H and O–H groups in total. The van der Waals surface area contributed by atoms with Crippen molar-refractivity contribution >= 4 is 0 Å². The van der Waals surface area contributed by atoms with E-state index in [0.717, 1.165) is 38.5 Å². The van der Waals surface area contributed by atoms with E-state index in [1.807, 2.05) is 20.8 Å². The SMILES string of the molecule is CC1=CC(C)CC(NC(O)C(CC2CC=CCC2)NC(O)OC(C)(C)C)C1. The lowest BCUT2D eigenvalue weighted by atomic mass is 9.86. The van der Waals surface area contributed by atoms with E-state index in [1.165, 1.54) is 5.57 Å². The Morgan fingerprint density at radius 3 is 2.59 bits per heavy atom. The van der Waals surface area contributed by atoms with Crippen LogP contribution < -0.4 is 10.6 Å². The van der Waals surface area contributed by atoms with Crippen molar-refractivity contribution in [1.29, 1.82) is 0 Å². The highest BCUT2D eigenvalue weighted by Gasteiger charge is 2.29. The second-order valence-electron chi connectivity index (χ2n) is 9.48. The third-order valence-electron chi connectivity index (χ3n) is 5.37. The van der Waals surface area contributed by atoms with Crippen molar-refractivity contribution in [2.45, 2.75) is 103 Å². The number of hydrogen-bond donors (Lipinski definition) is 4. The molecule has 0 heterocycles. The fourth-order valence-corrected chi connectivity index (χ4v) is 4.30. The van der Waals surface area contributed by atoms with Crippen molar-refractivity contribution in [3.8, 4) is 0 Å². The fourth-order valence-electron chi connectivity index (χ4n) is 4.30. The van der Waals surface area contributed by atoms with Gasteiger partial charge in [0.1, 0.15) is 6.23 Å². The molecular formula is C22H40N2O3. The lowest BCUT2D eigenvalue weighted by molar-refractivity contribution is -0.191. The van der Waals surface area contributed by atoms with Gasteiger partial charge in [0.05, 0.1) is 11.6 Å². The smallest absolute Gasteiger partial charge is 0.214 e. The van der Waals surface area contributed by atoms with Gasteiger partial charge in [0.25, 0.3) is 0 Å². The second-order valence-corrected chi connectivity index (χ2v) is 9.48. The Hall–Kier alpha value is -0.720. The minimum atomic E-state index is -1.10. The molecule has 2 aliphatic rings. The first-order valence-electron chi connectivity index (χ1n) is 10.5. The van der Waals surface area contributed by atoms with Crippen LogP contribution in [0.4, 0.5) is 0 Å². The molecule has 0 amide bonds. The lowest BCUT2D eigenvalue weighted by Gasteiger charge is -2.36. The minimum Gasteiger partial charge on any atom is -0.377 e. The number of hydrogen-bond acceptors (Lipinski definition) is 5. The first kappa shape index (κ1) is 22.6. The predicted molar refractivity (Wildman–Crippen MR) is 110 cm³/mol. The van der Waals surface area contributed by atoms with Gasteiger partial charge >= 0.3 is 0 Å². The van der Waals surface area contributed by atoms with Gasteiger partial charge in [-0.2, -0.15) is 0 Å². The number of rotatable bonds is 8. The van der Waals surface area contributed by atoms with E-state index < -0.39 is 18.2 Å². The van der Waals surface area contributed by atoms with Gasteiger partial charge in [-0.05, 0) is 78.1 Å². The van der Waals surface area contributed by atoms with E-state index in [4.69, 9.17) is 4.74 Å². The van der Waals surface area contributed by atoms with Crippen LogP contribution in [-0.4, -0.2) is 40.5 Å². The van der Waals surface area contributed by atoms with E-state index in [0.29, 0.717) is 11.8 Å². The highest BCUT2D eigenvalue weighted by Crippen LogP contribution is 2.26. The van der Waals surface area contributed by atoms with Gasteiger partial charge in [0, 0.05) is 6.04 Å². The molecule has 0 fully saturated rings. The van der Waals surface area contributed by atoms with Crippen LogP contribution in [-0.2, 0) is 4.74 Å². The molecule has 0 aliphatic heterocycles. The van der Waals surface area contributed by atoms with E-state index >= 15 is 0 Å². The molecular weight excluding hydrogens is 340 g/mol. The van der Waals surface area contributed by atoms with E-state index in [2.05, 4.69) is 42.7 Å². The first-order chi connectivity index (χ1) is 12.6. The minimum absolute atomic E-state index is 0.260. The summed E-state index contributed by atoms with van der Waals surface area (Å²) in [7, 11) is 0. The van der Waals surface area contributed by atoms with Gasteiger partial charge in [0.2, 0.25) is 6.41 Å². The molecule has 27 heavy (non-hydrogen) atoms. The van der Waals surface area contributed by atoms with Gasteiger partial charge in [0.15, 0.2) is 0 Å². The van der Waals surface area contributed by atoms with Crippen LogP contribution in [0.5, 0.6) is 0 Å². The Kier molecular flexibility index (Phi) is 8.50. The molecule has 0 aromatic rings. The van der Waals surface area contributed by atoms with Gasteiger partial charge in [-0.1, -0.05) is 30.7 Å². The molecule has 0 saturated heterocycles. The molecule has 2 aliphatic carbocycles. The zero-order chi connectivity index (χ0) is 20.0. The van der Waals surface area contributed by atoms with E-state index in [-0.39, 0.29) is 12.1 Å². The van der Waals surface area contributed by atoms with Crippen LogP contribution in [0, 0.1) is 11.8 Å². The zero-order valence-electron chi connectivity index (χ0n) is 17.7. The fraction of sp³-hybridized carbons (Fsp3) is 0.818. The molecule has 2 rings (SSSR count). The molecule has 6 unspecified atom stereocenters. The standard InChI is InChI=1S/C22H40N2O3/c1-15-11-16(2)13-18(12-15)23-20(25)19(14-17-9-7-6-8-10-17)24-21(26)27-22(3,4)5/h6-7,11,15,17-21,23-26H,8-10,12-14H2,1-5H3. The average Bonchev–Trinajstić information content (AvgIpc) is 2.52. The average molecular weight is 381 g/mol. The summed E-state index contributed by atoms with van der Waals surface area (Å²) in [6, 6.07) is -0.00315. The molecule has 0 bridgehead atoms.